The molecule has 0 bridgehead atoms. The van der Waals surface area contributed by atoms with Crippen molar-refractivity contribution in [3.63, 3.8) is 0 Å². The van der Waals surface area contributed by atoms with Crippen LogP contribution in [0.2, 0.25) is 0 Å². The van der Waals surface area contributed by atoms with Crippen molar-refractivity contribution in [2.24, 2.45) is 0 Å². The Morgan fingerprint density at radius 3 is 2.21 bits per heavy atom. The van der Waals surface area contributed by atoms with Crippen molar-refractivity contribution in [2.75, 3.05) is 27.9 Å². The Labute approximate surface area is 226 Å². The summed E-state index contributed by atoms with van der Waals surface area (Å²) in [5, 5.41) is 0.291. The lowest BCUT2D eigenvalue weighted by atomic mass is 10.0. The van der Waals surface area contributed by atoms with Crippen LogP contribution in [0.25, 0.3) is 28.4 Å². The number of methoxy groups -OCH3 is 3. The van der Waals surface area contributed by atoms with Gasteiger partial charge < -0.3 is 23.4 Å². The highest BCUT2D eigenvalue weighted by Gasteiger charge is 2.22. The molecule has 1 aromatic heterocycles. The van der Waals surface area contributed by atoms with Crippen LogP contribution in [0.1, 0.15) is 28.4 Å². The third-order valence-electron chi connectivity index (χ3n) is 6.12. The first-order valence-corrected chi connectivity index (χ1v) is 12.2. The zero-order valence-electron chi connectivity index (χ0n) is 22.6. The fourth-order valence-corrected chi connectivity index (χ4v) is 4.21. The van der Waals surface area contributed by atoms with Crippen LogP contribution in [-0.4, -0.2) is 33.7 Å². The van der Waals surface area contributed by atoms with Gasteiger partial charge in [0, 0.05) is 11.1 Å². The van der Waals surface area contributed by atoms with Crippen LogP contribution in [0.3, 0.4) is 0 Å². The third-order valence-corrected chi connectivity index (χ3v) is 6.12. The highest BCUT2D eigenvalue weighted by Crippen LogP contribution is 2.39. The van der Waals surface area contributed by atoms with Gasteiger partial charge in [0.1, 0.15) is 23.7 Å². The molecule has 4 aromatic rings. The predicted molar refractivity (Wildman–Crippen MR) is 152 cm³/mol. The number of hydrogen-bond donors (Lipinski definition) is 0. The lowest BCUT2D eigenvalue weighted by Gasteiger charge is -2.14. The molecule has 0 unspecified atom stereocenters. The van der Waals surface area contributed by atoms with Crippen LogP contribution in [0.15, 0.2) is 82.0 Å². The zero-order valence-corrected chi connectivity index (χ0v) is 22.6. The molecule has 7 nitrogen and oxygen atoms in total. The summed E-state index contributed by atoms with van der Waals surface area (Å²) < 4.78 is 28.4. The van der Waals surface area contributed by atoms with Gasteiger partial charge in [-0.25, -0.2) is 0 Å². The maximum atomic E-state index is 13.7. The van der Waals surface area contributed by atoms with Crippen LogP contribution in [-0.2, 0) is 0 Å². The molecule has 0 spiro atoms. The molecule has 0 aliphatic rings. The molecule has 0 fully saturated rings. The second-order valence-electron chi connectivity index (χ2n) is 8.97. The number of hydrogen-bond acceptors (Lipinski definition) is 7. The van der Waals surface area contributed by atoms with Crippen LogP contribution in [0, 0.1) is 6.92 Å². The largest absolute Gasteiger partial charge is 0.493 e. The molecule has 0 aliphatic heterocycles. The zero-order chi connectivity index (χ0) is 28.1. The Morgan fingerprint density at radius 2 is 1.62 bits per heavy atom. The summed E-state index contributed by atoms with van der Waals surface area (Å²) >= 11 is 0. The first kappa shape index (κ1) is 27.3. The first-order valence-electron chi connectivity index (χ1n) is 12.2. The molecule has 4 rings (SSSR count). The molecule has 0 saturated carbocycles. The van der Waals surface area contributed by atoms with Crippen molar-refractivity contribution in [1.29, 1.82) is 0 Å². The molecule has 39 heavy (non-hydrogen) atoms. The number of benzene rings is 3. The van der Waals surface area contributed by atoms with Gasteiger partial charge in [-0.1, -0.05) is 43.0 Å². The summed E-state index contributed by atoms with van der Waals surface area (Å²) in [6.07, 6.45) is 3.02. The molecular weight excluding hydrogens is 496 g/mol. The fourth-order valence-electron chi connectivity index (χ4n) is 4.21. The molecule has 0 amide bonds. The quantitative estimate of drug-likeness (QED) is 0.130. The molecule has 0 aliphatic carbocycles. The van der Waals surface area contributed by atoms with Crippen molar-refractivity contribution < 1.29 is 28.2 Å². The Hall–Kier alpha value is -4.78. The number of carbonyl (C=O) groups excluding carboxylic acids is 1. The predicted octanol–water partition coefficient (Wildman–Crippen LogP) is 6.65. The van der Waals surface area contributed by atoms with Crippen LogP contribution in [0.4, 0.5) is 0 Å². The standard InChI is InChI=1S/C32H30O7/c1-19(2)18-38-25-15-13-23-29(34)20(3)30(22-10-8-7-9-11-22)39-31(23)28(25)24(33)14-12-21-16-26(35-4)32(37-6)27(17-21)36-5/h7-17H,1,18H2,2-6H3. The van der Waals surface area contributed by atoms with Crippen LogP contribution < -0.4 is 24.4 Å². The van der Waals surface area contributed by atoms with E-state index in [9.17, 15) is 9.59 Å². The van der Waals surface area contributed by atoms with Gasteiger partial charge >= 0.3 is 0 Å². The van der Waals surface area contributed by atoms with Gasteiger partial charge in [0.15, 0.2) is 28.3 Å². The average Bonchev–Trinajstić information content (AvgIpc) is 2.95. The van der Waals surface area contributed by atoms with Gasteiger partial charge in [0.05, 0.1) is 26.7 Å². The molecular formula is C32H30O7. The van der Waals surface area contributed by atoms with E-state index in [1.54, 1.807) is 37.3 Å². The normalized spacial score (nSPS) is 11.0. The van der Waals surface area contributed by atoms with Crippen molar-refractivity contribution in [2.45, 2.75) is 13.8 Å². The summed E-state index contributed by atoms with van der Waals surface area (Å²) in [5.41, 5.74) is 2.69. The van der Waals surface area contributed by atoms with E-state index in [0.717, 1.165) is 11.1 Å². The van der Waals surface area contributed by atoms with Gasteiger partial charge in [-0.15, -0.1) is 0 Å². The van der Waals surface area contributed by atoms with Gasteiger partial charge in [0.25, 0.3) is 0 Å². The molecule has 7 heteroatoms. The van der Waals surface area contributed by atoms with Crippen molar-refractivity contribution in [3.05, 3.63) is 99.7 Å². The molecule has 0 N–H and O–H groups in total. The number of allylic oxidation sites excluding steroid dienone is 1. The number of rotatable bonds is 10. The number of ketones is 1. The Balaban J connectivity index is 1.89. The summed E-state index contributed by atoms with van der Waals surface area (Å²) in [7, 11) is 4.56. The summed E-state index contributed by atoms with van der Waals surface area (Å²) in [4.78, 5) is 27.1. The lowest BCUT2D eigenvalue weighted by molar-refractivity contribution is 0.104. The maximum Gasteiger partial charge on any atom is 0.203 e. The van der Waals surface area contributed by atoms with E-state index < -0.39 is 5.78 Å². The molecule has 200 valence electrons. The Kier molecular flexibility index (Phi) is 8.20. The minimum absolute atomic E-state index is 0.145. The van der Waals surface area contributed by atoms with Crippen molar-refractivity contribution in [3.8, 4) is 34.3 Å². The summed E-state index contributed by atoms with van der Waals surface area (Å²) in [6.45, 7) is 7.61. The molecule has 0 saturated heterocycles. The SMILES string of the molecule is C=C(C)COc1ccc2c(=O)c(C)c(-c3ccccc3)oc2c1C(=O)C=Cc1cc(OC)c(OC)c(OC)c1. The summed E-state index contributed by atoms with van der Waals surface area (Å²) in [6, 6.07) is 16.0. The molecule has 0 atom stereocenters. The van der Waals surface area contributed by atoms with E-state index in [-0.39, 0.29) is 28.9 Å². The monoisotopic (exact) mass is 526 g/mol. The van der Waals surface area contributed by atoms with Gasteiger partial charge in [0.2, 0.25) is 5.75 Å². The van der Waals surface area contributed by atoms with E-state index in [0.29, 0.717) is 39.5 Å². The smallest absolute Gasteiger partial charge is 0.203 e. The molecule has 0 radical (unpaired) electrons. The molecule has 1 heterocycles. The fraction of sp³-hybridized carbons (Fsp3) is 0.188. The Bertz CT molecular complexity index is 1600. The second-order valence-corrected chi connectivity index (χ2v) is 8.97. The van der Waals surface area contributed by atoms with E-state index in [1.807, 2.05) is 37.3 Å². The number of ether oxygens (including phenoxy) is 4. The average molecular weight is 527 g/mol. The topological polar surface area (TPSA) is 84.2 Å². The van der Waals surface area contributed by atoms with Gasteiger partial charge in [-0.2, -0.15) is 0 Å². The molecule has 3 aromatic carbocycles. The summed E-state index contributed by atoms with van der Waals surface area (Å²) in [5.74, 6) is 1.63. The van der Waals surface area contributed by atoms with E-state index in [4.69, 9.17) is 23.4 Å². The van der Waals surface area contributed by atoms with E-state index in [2.05, 4.69) is 6.58 Å². The Morgan fingerprint density at radius 1 is 0.949 bits per heavy atom. The van der Waals surface area contributed by atoms with Crippen molar-refractivity contribution >= 4 is 22.8 Å². The van der Waals surface area contributed by atoms with Gasteiger partial charge in [-0.05, 0) is 55.3 Å². The minimum atomic E-state index is -0.405. The van der Waals surface area contributed by atoms with Crippen LogP contribution >= 0.6 is 0 Å². The number of carbonyl (C=O) groups is 1. The van der Waals surface area contributed by atoms with Crippen LogP contribution in [0.5, 0.6) is 23.0 Å². The second kappa shape index (κ2) is 11.7. The maximum absolute atomic E-state index is 13.7. The van der Waals surface area contributed by atoms with Gasteiger partial charge in [-0.3, -0.25) is 9.59 Å². The van der Waals surface area contributed by atoms with E-state index >= 15 is 0 Å². The number of fused-ring (bicyclic) bond motifs is 1. The highest BCUT2D eigenvalue weighted by molar-refractivity contribution is 6.15. The lowest BCUT2D eigenvalue weighted by Crippen LogP contribution is -2.11. The minimum Gasteiger partial charge on any atom is -0.493 e. The third kappa shape index (κ3) is 5.57. The highest BCUT2D eigenvalue weighted by atomic mass is 16.5. The first-order chi connectivity index (χ1) is 18.8. The van der Waals surface area contributed by atoms with Crippen molar-refractivity contribution in [1.82, 2.24) is 0 Å². The van der Waals surface area contributed by atoms with E-state index in [1.165, 1.54) is 27.4 Å².